The molecule has 0 saturated heterocycles. The number of aromatic nitrogens is 3. The van der Waals surface area contributed by atoms with Crippen molar-refractivity contribution < 1.29 is 4.74 Å². The molecule has 19 heavy (non-hydrogen) atoms. The van der Waals surface area contributed by atoms with Gasteiger partial charge in [0, 0.05) is 17.3 Å². The molecule has 2 rings (SSSR count). The zero-order chi connectivity index (χ0) is 13.8. The van der Waals surface area contributed by atoms with Crippen LogP contribution in [0.15, 0.2) is 23.3 Å². The fourth-order valence-corrected chi connectivity index (χ4v) is 1.75. The summed E-state index contributed by atoms with van der Waals surface area (Å²) in [4.78, 5) is 15.6. The Balaban J connectivity index is 2.42. The molecule has 0 atom stereocenters. The van der Waals surface area contributed by atoms with E-state index < -0.39 is 0 Å². The Kier molecular flexibility index (Phi) is 3.94. The van der Waals surface area contributed by atoms with E-state index in [1.165, 1.54) is 0 Å². The van der Waals surface area contributed by atoms with Crippen molar-refractivity contribution in [2.45, 2.75) is 27.2 Å². The Labute approximate surface area is 111 Å². The number of H-pyrrole nitrogens is 1. The molecule has 2 aromatic heterocycles. The van der Waals surface area contributed by atoms with Crippen LogP contribution >= 0.6 is 0 Å². The first-order chi connectivity index (χ1) is 9.13. The molecule has 0 unspecified atom stereocenters. The Morgan fingerprint density at radius 2 is 2.05 bits per heavy atom. The minimum atomic E-state index is -0.160. The van der Waals surface area contributed by atoms with E-state index in [0.717, 1.165) is 23.2 Å². The van der Waals surface area contributed by atoms with Crippen molar-refractivity contribution >= 4 is 0 Å². The highest BCUT2D eigenvalue weighted by atomic mass is 16.5. The van der Waals surface area contributed by atoms with Gasteiger partial charge in [-0.15, -0.1) is 0 Å². The minimum absolute atomic E-state index is 0.160. The third-order valence-corrected chi connectivity index (χ3v) is 2.99. The number of pyridine rings is 1. The van der Waals surface area contributed by atoms with E-state index >= 15 is 0 Å². The fraction of sp³-hybridized carbons (Fsp3) is 0.357. The van der Waals surface area contributed by atoms with Crippen LogP contribution in [0.1, 0.15) is 24.5 Å². The van der Waals surface area contributed by atoms with E-state index in [1.807, 2.05) is 19.9 Å². The van der Waals surface area contributed by atoms with Gasteiger partial charge in [0.2, 0.25) is 0 Å². The van der Waals surface area contributed by atoms with Crippen molar-refractivity contribution in [1.29, 1.82) is 0 Å². The second-order valence-corrected chi connectivity index (χ2v) is 4.41. The molecule has 0 amide bonds. The lowest BCUT2D eigenvalue weighted by Crippen LogP contribution is -2.14. The molecule has 2 aromatic rings. The van der Waals surface area contributed by atoms with E-state index in [0.29, 0.717) is 17.9 Å². The highest BCUT2D eigenvalue weighted by Gasteiger charge is 2.10. The van der Waals surface area contributed by atoms with Crippen molar-refractivity contribution in [3.05, 3.63) is 39.9 Å². The van der Waals surface area contributed by atoms with Crippen molar-refractivity contribution in [3.8, 4) is 17.0 Å². The molecule has 0 aromatic carbocycles. The summed E-state index contributed by atoms with van der Waals surface area (Å²) in [5.74, 6) is 0.712. The summed E-state index contributed by atoms with van der Waals surface area (Å²) >= 11 is 0. The van der Waals surface area contributed by atoms with Crippen molar-refractivity contribution in [1.82, 2.24) is 15.2 Å². The molecule has 2 heterocycles. The van der Waals surface area contributed by atoms with Gasteiger partial charge in [0.15, 0.2) is 0 Å². The molecule has 0 radical (unpaired) electrons. The second kappa shape index (κ2) is 5.65. The van der Waals surface area contributed by atoms with Gasteiger partial charge in [0.1, 0.15) is 5.75 Å². The van der Waals surface area contributed by atoms with E-state index in [1.54, 1.807) is 19.3 Å². The van der Waals surface area contributed by atoms with Gasteiger partial charge in [-0.3, -0.25) is 9.78 Å². The first-order valence-electron chi connectivity index (χ1n) is 6.27. The SMILES string of the molecule is CCCOc1cncc(-c2n[nH]c(=O)c(C)c2C)c1. The molecule has 1 N–H and O–H groups in total. The quantitative estimate of drug-likeness (QED) is 0.914. The van der Waals surface area contributed by atoms with Gasteiger partial charge in [0.05, 0.1) is 18.5 Å². The maximum absolute atomic E-state index is 11.5. The largest absolute Gasteiger partial charge is 0.492 e. The second-order valence-electron chi connectivity index (χ2n) is 4.41. The first kappa shape index (κ1) is 13.3. The molecule has 0 aliphatic carbocycles. The summed E-state index contributed by atoms with van der Waals surface area (Å²) in [5.41, 5.74) is 2.94. The summed E-state index contributed by atoms with van der Waals surface area (Å²) < 4.78 is 5.55. The van der Waals surface area contributed by atoms with Crippen molar-refractivity contribution in [2.24, 2.45) is 0 Å². The summed E-state index contributed by atoms with van der Waals surface area (Å²) in [6.07, 6.45) is 4.33. The number of hydrogen-bond acceptors (Lipinski definition) is 4. The number of ether oxygens (including phenoxy) is 1. The van der Waals surface area contributed by atoms with Crippen LogP contribution in [0.2, 0.25) is 0 Å². The average Bonchev–Trinajstić information content (AvgIpc) is 2.43. The number of nitrogens with one attached hydrogen (secondary N) is 1. The predicted molar refractivity (Wildman–Crippen MR) is 73.3 cm³/mol. The number of aromatic amines is 1. The fourth-order valence-electron chi connectivity index (χ4n) is 1.75. The standard InChI is InChI=1S/C14H17N3O2/c1-4-5-19-12-6-11(7-15-8-12)13-9(2)10(3)14(18)17-16-13/h6-8H,4-5H2,1-3H3,(H,17,18). The van der Waals surface area contributed by atoms with Crippen LogP contribution in [-0.4, -0.2) is 21.8 Å². The lowest BCUT2D eigenvalue weighted by molar-refractivity contribution is 0.316. The number of hydrogen-bond donors (Lipinski definition) is 1. The van der Waals surface area contributed by atoms with Gasteiger partial charge < -0.3 is 4.74 Å². The third-order valence-electron chi connectivity index (χ3n) is 2.99. The average molecular weight is 259 g/mol. The van der Waals surface area contributed by atoms with Crippen LogP contribution < -0.4 is 10.3 Å². The molecule has 100 valence electrons. The highest BCUT2D eigenvalue weighted by Crippen LogP contribution is 2.23. The van der Waals surface area contributed by atoms with E-state index in [-0.39, 0.29) is 5.56 Å². The number of rotatable bonds is 4. The van der Waals surface area contributed by atoms with E-state index in [9.17, 15) is 4.79 Å². The Hall–Kier alpha value is -2.17. The van der Waals surface area contributed by atoms with Gasteiger partial charge in [-0.1, -0.05) is 6.92 Å². The third kappa shape index (κ3) is 2.81. The summed E-state index contributed by atoms with van der Waals surface area (Å²) in [6.45, 7) is 6.37. The number of nitrogens with zero attached hydrogens (tertiary/aromatic N) is 2. The molecule has 0 spiro atoms. The van der Waals surface area contributed by atoms with Gasteiger partial charge in [0.25, 0.3) is 5.56 Å². The molecule has 0 aliphatic heterocycles. The molecule has 0 saturated carbocycles. The molecular formula is C14H17N3O2. The normalized spacial score (nSPS) is 10.5. The molecule has 5 heteroatoms. The molecule has 0 fully saturated rings. The zero-order valence-electron chi connectivity index (χ0n) is 11.4. The topological polar surface area (TPSA) is 67.9 Å². The Morgan fingerprint density at radius 1 is 1.26 bits per heavy atom. The lowest BCUT2D eigenvalue weighted by atomic mass is 10.1. The summed E-state index contributed by atoms with van der Waals surface area (Å²) in [5, 5.41) is 6.59. The van der Waals surface area contributed by atoms with Crippen LogP contribution in [0.5, 0.6) is 5.75 Å². The van der Waals surface area contributed by atoms with Crippen molar-refractivity contribution in [3.63, 3.8) is 0 Å². The highest BCUT2D eigenvalue weighted by molar-refractivity contribution is 5.63. The van der Waals surface area contributed by atoms with Gasteiger partial charge in [-0.05, 0) is 31.9 Å². The van der Waals surface area contributed by atoms with Crippen LogP contribution in [0, 0.1) is 13.8 Å². The van der Waals surface area contributed by atoms with Crippen LogP contribution in [0.3, 0.4) is 0 Å². The minimum Gasteiger partial charge on any atom is -0.492 e. The van der Waals surface area contributed by atoms with Gasteiger partial charge in [-0.2, -0.15) is 5.10 Å². The predicted octanol–water partition coefficient (Wildman–Crippen LogP) is 2.24. The van der Waals surface area contributed by atoms with Crippen LogP contribution in [-0.2, 0) is 0 Å². The maximum Gasteiger partial charge on any atom is 0.267 e. The van der Waals surface area contributed by atoms with E-state index in [2.05, 4.69) is 15.2 Å². The first-order valence-corrected chi connectivity index (χ1v) is 6.27. The molecule has 0 aliphatic rings. The molecular weight excluding hydrogens is 242 g/mol. The smallest absolute Gasteiger partial charge is 0.267 e. The monoisotopic (exact) mass is 259 g/mol. The van der Waals surface area contributed by atoms with Crippen LogP contribution in [0.25, 0.3) is 11.3 Å². The van der Waals surface area contributed by atoms with E-state index in [4.69, 9.17) is 4.74 Å². The summed E-state index contributed by atoms with van der Waals surface area (Å²) in [7, 11) is 0. The van der Waals surface area contributed by atoms with Gasteiger partial charge >= 0.3 is 0 Å². The zero-order valence-corrected chi connectivity index (χ0v) is 11.4. The summed E-state index contributed by atoms with van der Waals surface area (Å²) in [6, 6.07) is 1.88. The van der Waals surface area contributed by atoms with Crippen LogP contribution in [0.4, 0.5) is 0 Å². The van der Waals surface area contributed by atoms with Gasteiger partial charge in [-0.25, -0.2) is 5.10 Å². The molecule has 0 bridgehead atoms. The Morgan fingerprint density at radius 3 is 2.79 bits per heavy atom. The lowest BCUT2D eigenvalue weighted by Gasteiger charge is -2.08. The molecule has 5 nitrogen and oxygen atoms in total. The Bertz CT molecular complexity index is 635. The maximum atomic E-state index is 11.5. The van der Waals surface area contributed by atoms with Crippen molar-refractivity contribution in [2.75, 3.05) is 6.61 Å².